The van der Waals surface area contributed by atoms with E-state index in [9.17, 15) is 10.1 Å². The van der Waals surface area contributed by atoms with Crippen LogP contribution in [-0.4, -0.2) is 35.7 Å². The Kier molecular flexibility index (Phi) is 5.43. The van der Waals surface area contributed by atoms with Gasteiger partial charge in [-0.1, -0.05) is 13.8 Å². The second-order valence-electron chi connectivity index (χ2n) is 4.31. The molecule has 0 radical (unpaired) electrons. The Morgan fingerprint density at radius 2 is 2.05 bits per heavy atom. The van der Waals surface area contributed by atoms with E-state index in [-0.39, 0.29) is 24.0 Å². The lowest BCUT2D eigenvalue weighted by atomic mass is 10.2. The van der Waals surface area contributed by atoms with Crippen molar-refractivity contribution in [1.82, 2.24) is 9.97 Å². The molecule has 0 atom stereocenters. The fourth-order valence-corrected chi connectivity index (χ4v) is 1.40. The molecule has 1 rings (SSSR count). The summed E-state index contributed by atoms with van der Waals surface area (Å²) in [7, 11) is 2.83. The molecule has 1 heterocycles. The van der Waals surface area contributed by atoms with Crippen LogP contribution in [0.2, 0.25) is 0 Å². The fraction of sp³-hybridized carbons (Fsp3) is 0.636. The molecule has 19 heavy (non-hydrogen) atoms. The van der Waals surface area contributed by atoms with Gasteiger partial charge in [0.1, 0.15) is 6.61 Å². The largest absolute Gasteiger partial charge is 0.476 e. The third-order valence-electron chi connectivity index (χ3n) is 2.23. The number of hydrogen-bond donors (Lipinski definition) is 1. The van der Waals surface area contributed by atoms with E-state index < -0.39 is 4.92 Å². The average Bonchev–Trinajstić information content (AvgIpc) is 2.35. The third-order valence-corrected chi connectivity index (χ3v) is 2.23. The van der Waals surface area contributed by atoms with Crippen LogP contribution in [0.15, 0.2) is 0 Å². The number of hydrogen-bond acceptors (Lipinski definition) is 7. The molecular weight excluding hydrogens is 252 g/mol. The normalized spacial score (nSPS) is 10.6. The van der Waals surface area contributed by atoms with Crippen LogP contribution in [0.25, 0.3) is 0 Å². The first-order valence-corrected chi connectivity index (χ1v) is 5.81. The van der Waals surface area contributed by atoms with Gasteiger partial charge < -0.3 is 14.8 Å². The highest BCUT2D eigenvalue weighted by atomic mass is 16.6. The summed E-state index contributed by atoms with van der Waals surface area (Å²) in [4.78, 5) is 18.6. The smallest absolute Gasteiger partial charge is 0.372 e. The van der Waals surface area contributed by atoms with Crippen molar-refractivity contribution in [2.45, 2.75) is 20.5 Å². The van der Waals surface area contributed by atoms with Gasteiger partial charge in [-0.15, -0.1) is 0 Å². The van der Waals surface area contributed by atoms with E-state index in [0.29, 0.717) is 18.3 Å². The number of nitro groups is 1. The summed E-state index contributed by atoms with van der Waals surface area (Å²) in [5.41, 5.74) is -0.261. The Labute approximate surface area is 111 Å². The number of ether oxygens (including phenoxy) is 2. The molecule has 0 fully saturated rings. The summed E-state index contributed by atoms with van der Waals surface area (Å²) in [5.74, 6) is 0.735. The van der Waals surface area contributed by atoms with E-state index >= 15 is 0 Å². The second-order valence-corrected chi connectivity index (χ2v) is 4.31. The van der Waals surface area contributed by atoms with Crippen molar-refractivity contribution in [3.8, 4) is 5.88 Å². The molecule has 1 N–H and O–H groups in total. The molecule has 0 unspecified atom stereocenters. The lowest BCUT2D eigenvalue weighted by molar-refractivity contribution is -0.385. The second kappa shape index (κ2) is 6.83. The van der Waals surface area contributed by atoms with E-state index in [0.717, 1.165) is 0 Å². The van der Waals surface area contributed by atoms with E-state index in [4.69, 9.17) is 9.47 Å². The number of nitrogens with zero attached hydrogens (tertiary/aromatic N) is 3. The van der Waals surface area contributed by atoms with Gasteiger partial charge in [0.2, 0.25) is 5.82 Å². The van der Waals surface area contributed by atoms with Gasteiger partial charge in [0.25, 0.3) is 5.88 Å². The van der Waals surface area contributed by atoms with Crippen LogP contribution < -0.4 is 10.1 Å². The van der Waals surface area contributed by atoms with Crippen molar-refractivity contribution in [2.75, 3.05) is 26.1 Å². The number of methoxy groups -OCH3 is 2. The molecule has 0 aliphatic rings. The predicted molar refractivity (Wildman–Crippen MR) is 69.3 cm³/mol. The van der Waals surface area contributed by atoms with Crippen LogP contribution >= 0.6 is 0 Å². The molecule has 8 nitrogen and oxygen atoms in total. The van der Waals surface area contributed by atoms with Crippen LogP contribution in [0.3, 0.4) is 0 Å². The van der Waals surface area contributed by atoms with Crippen molar-refractivity contribution >= 4 is 11.5 Å². The monoisotopic (exact) mass is 270 g/mol. The fourth-order valence-electron chi connectivity index (χ4n) is 1.40. The van der Waals surface area contributed by atoms with Gasteiger partial charge in [-0.2, -0.15) is 4.98 Å². The molecule has 0 bridgehead atoms. The molecule has 106 valence electrons. The number of aromatic nitrogens is 2. The van der Waals surface area contributed by atoms with Gasteiger partial charge in [-0.3, -0.25) is 10.1 Å². The third kappa shape index (κ3) is 4.02. The lowest BCUT2D eigenvalue weighted by Gasteiger charge is -2.11. The highest BCUT2D eigenvalue weighted by Crippen LogP contribution is 2.31. The molecule has 0 aromatic carbocycles. The summed E-state index contributed by atoms with van der Waals surface area (Å²) < 4.78 is 9.88. The molecule has 8 heteroatoms. The molecular formula is C11H18N4O4. The first-order valence-electron chi connectivity index (χ1n) is 5.81. The predicted octanol–water partition coefficient (Wildman–Crippen LogP) is 1.61. The standard InChI is InChI=1S/C11H18N4O4/c1-7(2)5-12-10-9(15(16)17)11(19-4)14-8(13-10)6-18-3/h7H,5-6H2,1-4H3,(H,12,13,14). The molecule has 1 aromatic rings. The zero-order chi connectivity index (χ0) is 14.4. The van der Waals surface area contributed by atoms with Crippen molar-refractivity contribution in [2.24, 2.45) is 5.92 Å². The van der Waals surface area contributed by atoms with Crippen LogP contribution in [0, 0.1) is 16.0 Å². The van der Waals surface area contributed by atoms with Gasteiger partial charge in [-0.05, 0) is 5.92 Å². The van der Waals surface area contributed by atoms with E-state index in [1.54, 1.807) is 0 Å². The van der Waals surface area contributed by atoms with E-state index in [1.165, 1.54) is 14.2 Å². The van der Waals surface area contributed by atoms with Gasteiger partial charge in [0.05, 0.1) is 12.0 Å². The zero-order valence-electron chi connectivity index (χ0n) is 11.5. The van der Waals surface area contributed by atoms with E-state index in [2.05, 4.69) is 15.3 Å². The summed E-state index contributed by atoms with van der Waals surface area (Å²) in [6, 6.07) is 0. The van der Waals surface area contributed by atoms with Gasteiger partial charge in [-0.25, -0.2) is 4.98 Å². The van der Waals surface area contributed by atoms with Gasteiger partial charge >= 0.3 is 5.69 Å². The summed E-state index contributed by atoms with van der Waals surface area (Å²) in [6.45, 7) is 4.71. The zero-order valence-corrected chi connectivity index (χ0v) is 11.5. The summed E-state index contributed by atoms with van der Waals surface area (Å²) in [5, 5.41) is 14.0. The van der Waals surface area contributed by atoms with E-state index in [1.807, 2.05) is 13.8 Å². The molecule has 0 saturated carbocycles. The van der Waals surface area contributed by atoms with Crippen molar-refractivity contribution < 1.29 is 14.4 Å². The van der Waals surface area contributed by atoms with Gasteiger partial charge in [0, 0.05) is 13.7 Å². The molecule has 0 amide bonds. The molecule has 1 aromatic heterocycles. The first-order chi connectivity index (χ1) is 8.99. The number of nitrogens with one attached hydrogen (secondary N) is 1. The molecule has 0 saturated heterocycles. The minimum Gasteiger partial charge on any atom is -0.476 e. The van der Waals surface area contributed by atoms with Crippen LogP contribution in [0.5, 0.6) is 5.88 Å². The Bertz CT molecular complexity index is 451. The van der Waals surface area contributed by atoms with Gasteiger partial charge in [0.15, 0.2) is 5.82 Å². The Balaban J connectivity index is 3.20. The average molecular weight is 270 g/mol. The van der Waals surface area contributed by atoms with Crippen LogP contribution in [0.1, 0.15) is 19.7 Å². The van der Waals surface area contributed by atoms with Crippen molar-refractivity contribution in [3.05, 3.63) is 15.9 Å². The van der Waals surface area contributed by atoms with Crippen LogP contribution in [0.4, 0.5) is 11.5 Å². The highest BCUT2D eigenvalue weighted by Gasteiger charge is 2.25. The van der Waals surface area contributed by atoms with Crippen LogP contribution in [-0.2, 0) is 11.3 Å². The maximum absolute atomic E-state index is 11.1. The maximum Gasteiger partial charge on any atom is 0.372 e. The Morgan fingerprint density at radius 1 is 1.37 bits per heavy atom. The molecule has 0 aliphatic heterocycles. The summed E-state index contributed by atoms with van der Waals surface area (Å²) in [6.07, 6.45) is 0. The lowest BCUT2D eigenvalue weighted by Crippen LogP contribution is -2.14. The summed E-state index contributed by atoms with van der Waals surface area (Å²) >= 11 is 0. The number of rotatable bonds is 7. The van der Waals surface area contributed by atoms with Crippen molar-refractivity contribution in [1.29, 1.82) is 0 Å². The quantitative estimate of drug-likeness (QED) is 0.593. The number of anilines is 1. The molecule has 0 aliphatic carbocycles. The Morgan fingerprint density at radius 3 is 2.53 bits per heavy atom. The SMILES string of the molecule is COCc1nc(NCC(C)C)c([N+](=O)[O-])c(OC)n1. The maximum atomic E-state index is 11.1. The first kappa shape index (κ1) is 15.1. The minimum atomic E-state index is -0.557. The minimum absolute atomic E-state index is 0.0710. The molecule has 0 spiro atoms. The highest BCUT2D eigenvalue weighted by molar-refractivity contribution is 5.61. The topological polar surface area (TPSA) is 99.4 Å². The van der Waals surface area contributed by atoms with Crippen molar-refractivity contribution in [3.63, 3.8) is 0 Å². The Hall–Kier alpha value is -1.96.